The molecule has 2 aromatic rings. The summed E-state index contributed by atoms with van der Waals surface area (Å²) in [5, 5.41) is 0. The number of pyridine rings is 2. The molecular weight excluding hydrogens is 362 g/mol. The van der Waals surface area contributed by atoms with E-state index in [0.29, 0.717) is 38.0 Å². The van der Waals surface area contributed by atoms with Gasteiger partial charge in [-0.1, -0.05) is 0 Å². The summed E-state index contributed by atoms with van der Waals surface area (Å²) in [6, 6.07) is 11.7. The number of nitrogens with zero attached hydrogens (tertiary/aromatic N) is 2. The Morgan fingerprint density at radius 2 is 1.22 bits per heavy atom. The van der Waals surface area contributed by atoms with E-state index >= 15 is 0 Å². The summed E-state index contributed by atoms with van der Waals surface area (Å²) < 4.78 is 12.4. The van der Waals surface area contributed by atoms with Crippen LogP contribution in [0.1, 0.15) is 0 Å². The molecule has 0 radical (unpaired) electrons. The Morgan fingerprint density at radius 3 is 1.61 bits per heavy atom. The Kier molecular flexibility index (Phi) is 5.02. The molecule has 2 aromatic heterocycles. The van der Waals surface area contributed by atoms with Gasteiger partial charge in [0.1, 0.15) is 0 Å². The van der Waals surface area contributed by atoms with Gasteiger partial charge in [-0.3, -0.25) is 0 Å². The quantitative estimate of drug-likeness (QED) is 0.679. The Balaban J connectivity index is 2.01. The van der Waals surface area contributed by atoms with Crippen molar-refractivity contribution in [2.24, 2.45) is 0 Å². The predicted molar refractivity (Wildman–Crippen MR) is 72.4 cm³/mol. The van der Waals surface area contributed by atoms with Gasteiger partial charge in [-0.15, -0.1) is 0 Å². The van der Waals surface area contributed by atoms with Crippen LogP contribution >= 0.6 is 0 Å². The molecule has 0 atom stereocenters. The third-order valence-corrected chi connectivity index (χ3v) is 8.50. The molecule has 2 rings (SSSR count). The average molecular weight is 374 g/mol. The summed E-state index contributed by atoms with van der Waals surface area (Å²) in [6.07, 6.45) is 0. The van der Waals surface area contributed by atoms with E-state index in [1.54, 1.807) is 14.2 Å². The predicted octanol–water partition coefficient (Wildman–Crippen LogP) is -0.232. The number of rotatable bonds is 5. The fourth-order valence-electron chi connectivity index (χ4n) is 1.20. The first-order chi connectivity index (χ1) is 8.81. The molecule has 2 heterocycles. The number of hydrogen-bond acceptors (Lipinski definition) is 4. The Hall–Kier alpha value is -1.06. The van der Waals surface area contributed by atoms with Crippen molar-refractivity contribution in [1.29, 1.82) is 0 Å². The van der Waals surface area contributed by atoms with Crippen molar-refractivity contribution in [2.45, 2.75) is 0 Å². The topological polar surface area (TPSA) is 44.2 Å². The first-order valence-corrected chi connectivity index (χ1v) is 11.2. The summed E-state index contributed by atoms with van der Waals surface area (Å²) in [6.45, 7) is 0. The zero-order chi connectivity index (χ0) is 12.8. The van der Waals surface area contributed by atoms with Gasteiger partial charge < -0.3 is 0 Å². The van der Waals surface area contributed by atoms with Gasteiger partial charge in [0, 0.05) is 0 Å². The molecule has 0 N–H and O–H groups in total. The molecule has 0 unspecified atom stereocenters. The van der Waals surface area contributed by atoms with Crippen molar-refractivity contribution >= 4 is 35.4 Å². The van der Waals surface area contributed by atoms with E-state index in [0.717, 1.165) is 9.18 Å². The van der Waals surface area contributed by atoms with Crippen LogP contribution in [0.3, 0.4) is 0 Å². The number of aromatic nitrogens is 2. The average Bonchev–Trinajstić information content (AvgIpc) is 2.45. The van der Waals surface area contributed by atoms with Crippen molar-refractivity contribution in [3.63, 3.8) is 0 Å². The maximum atomic E-state index is 5.11. The van der Waals surface area contributed by atoms with Crippen LogP contribution in [-0.2, 0) is 0 Å². The summed E-state index contributed by atoms with van der Waals surface area (Å²) in [4.78, 5) is 8.82. The van der Waals surface area contributed by atoms with Gasteiger partial charge >= 0.3 is 117 Å². The minimum atomic E-state index is 0.306. The summed E-state index contributed by atoms with van der Waals surface area (Å²) in [7, 11) is 3.27. The monoisotopic (exact) mass is 376 g/mol. The van der Waals surface area contributed by atoms with Gasteiger partial charge in [-0.25, -0.2) is 0 Å². The van der Waals surface area contributed by atoms with Gasteiger partial charge in [-0.2, -0.15) is 0 Å². The molecule has 4 nitrogen and oxygen atoms in total. The first-order valence-electron chi connectivity index (χ1n) is 5.18. The molecule has 0 aliphatic heterocycles. The molecule has 6 heteroatoms. The molecule has 0 bridgehead atoms. The van der Waals surface area contributed by atoms with Crippen LogP contribution in [0.4, 0.5) is 0 Å². The molecule has 18 heavy (non-hydrogen) atoms. The van der Waals surface area contributed by atoms with Gasteiger partial charge in [0.2, 0.25) is 0 Å². The standard InChI is InChI=1S/C12H12N2O2Se2/c1-15-9-5-3-7-11(13-9)17-18-12-8-4-6-10(14-12)16-2/h3-8H,1-2H3. The van der Waals surface area contributed by atoms with E-state index in [9.17, 15) is 0 Å². The van der Waals surface area contributed by atoms with E-state index in [-0.39, 0.29) is 0 Å². The number of ether oxygens (including phenoxy) is 2. The van der Waals surface area contributed by atoms with Crippen LogP contribution in [0.25, 0.3) is 0 Å². The minimum absolute atomic E-state index is 0.306. The Labute approximate surface area is 117 Å². The van der Waals surface area contributed by atoms with Crippen LogP contribution in [0.15, 0.2) is 36.4 Å². The van der Waals surface area contributed by atoms with Crippen LogP contribution in [0.2, 0.25) is 0 Å². The van der Waals surface area contributed by atoms with Crippen molar-refractivity contribution in [2.75, 3.05) is 14.2 Å². The third-order valence-electron chi connectivity index (χ3n) is 2.03. The molecule has 94 valence electrons. The SMILES string of the molecule is COc1cccc([Se][Se]c2cccc(OC)n2)n1. The van der Waals surface area contributed by atoms with Crippen molar-refractivity contribution in [3.05, 3.63) is 36.4 Å². The second-order valence-corrected chi connectivity index (χ2v) is 9.29. The zero-order valence-corrected chi connectivity index (χ0v) is 13.4. The number of methoxy groups -OCH3 is 2. The molecule has 0 aliphatic rings. The van der Waals surface area contributed by atoms with E-state index in [1.807, 2.05) is 36.4 Å². The Bertz CT molecular complexity index is 475. The van der Waals surface area contributed by atoms with Crippen LogP contribution in [-0.4, -0.2) is 50.5 Å². The normalized spacial score (nSPS) is 10.1. The fraction of sp³-hybridized carbons (Fsp3) is 0.167. The molecule has 0 aliphatic carbocycles. The molecule has 0 saturated carbocycles. The van der Waals surface area contributed by atoms with Crippen LogP contribution in [0, 0.1) is 0 Å². The van der Waals surface area contributed by atoms with Crippen molar-refractivity contribution in [1.82, 2.24) is 9.97 Å². The van der Waals surface area contributed by atoms with Crippen molar-refractivity contribution in [3.8, 4) is 11.8 Å². The van der Waals surface area contributed by atoms with Crippen LogP contribution < -0.4 is 18.7 Å². The summed E-state index contributed by atoms with van der Waals surface area (Å²) in [5.74, 6) is 1.34. The molecule has 0 aromatic carbocycles. The molecule has 0 amide bonds. The van der Waals surface area contributed by atoms with E-state index < -0.39 is 0 Å². The van der Waals surface area contributed by atoms with Gasteiger partial charge in [0.25, 0.3) is 0 Å². The summed E-state index contributed by atoms with van der Waals surface area (Å²) >= 11 is 0.613. The van der Waals surface area contributed by atoms with E-state index in [1.165, 1.54) is 0 Å². The number of hydrogen-bond donors (Lipinski definition) is 0. The molecule has 0 fully saturated rings. The van der Waals surface area contributed by atoms with Crippen LogP contribution in [0.5, 0.6) is 11.8 Å². The van der Waals surface area contributed by atoms with Gasteiger partial charge in [-0.05, 0) is 0 Å². The maximum absolute atomic E-state index is 5.11. The fourth-order valence-corrected chi connectivity index (χ4v) is 6.54. The third kappa shape index (κ3) is 3.72. The molecule has 0 spiro atoms. The van der Waals surface area contributed by atoms with Gasteiger partial charge in [0.15, 0.2) is 0 Å². The Morgan fingerprint density at radius 1 is 0.778 bits per heavy atom. The van der Waals surface area contributed by atoms with Gasteiger partial charge in [0.05, 0.1) is 0 Å². The second kappa shape index (κ2) is 6.76. The van der Waals surface area contributed by atoms with Crippen molar-refractivity contribution < 1.29 is 9.47 Å². The second-order valence-electron chi connectivity index (χ2n) is 3.20. The van der Waals surface area contributed by atoms with E-state index in [2.05, 4.69) is 9.97 Å². The zero-order valence-electron chi connectivity index (χ0n) is 9.99. The summed E-state index contributed by atoms with van der Waals surface area (Å²) in [5.41, 5.74) is 0. The first kappa shape index (κ1) is 13.4. The molecule has 0 saturated heterocycles. The van der Waals surface area contributed by atoms with E-state index in [4.69, 9.17) is 9.47 Å². The molecular formula is C12H12N2O2Se2.